The fraction of sp³-hybridized carbons (Fsp3) is 0.533. The number of carbonyl (C=O) groups excluding carboxylic acids is 1. The van der Waals surface area contributed by atoms with Crippen molar-refractivity contribution in [2.75, 3.05) is 39.5 Å². The maximum atomic E-state index is 11.4. The molecule has 1 N–H and O–H groups in total. The largest absolute Gasteiger partial charge is 0.493 e. The molecule has 0 saturated carbocycles. The highest BCUT2D eigenvalue weighted by Gasteiger charge is 2.13. The van der Waals surface area contributed by atoms with Gasteiger partial charge >= 0.3 is 0 Å². The highest BCUT2D eigenvalue weighted by atomic mass is 16.5. The fourth-order valence-corrected chi connectivity index (χ4v) is 2.30. The molecule has 1 aromatic carbocycles. The number of carbonyl (C=O) groups is 1. The van der Waals surface area contributed by atoms with E-state index in [1.807, 2.05) is 24.3 Å². The molecule has 104 valence electrons. The molecule has 1 aromatic rings. The van der Waals surface area contributed by atoms with Crippen molar-refractivity contribution < 1.29 is 19.2 Å². The number of hydrogen-bond acceptors (Lipinski definition) is 3. The summed E-state index contributed by atoms with van der Waals surface area (Å²) in [4.78, 5) is 13.0. The van der Waals surface area contributed by atoms with Crippen LogP contribution in [0.5, 0.6) is 5.75 Å². The first kappa shape index (κ1) is 14.0. The highest BCUT2D eigenvalue weighted by molar-refractivity contribution is 5.96. The van der Waals surface area contributed by atoms with Gasteiger partial charge in [0.25, 0.3) is 0 Å². The number of Topliss-reactive ketones (excluding diaryl/α,β-unsaturated/α-hetero) is 1. The third-order valence-corrected chi connectivity index (χ3v) is 3.40. The first-order chi connectivity index (χ1) is 9.27. The Hall–Kier alpha value is -1.39. The number of rotatable bonds is 6. The zero-order chi connectivity index (χ0) is 13.5. The second kappa shape index (κ2) is 7.26. The number of benzene rings is 1. The van der Waals surface area contributed by atoms with Crippen LogP contribution >= 0.6 is 0 Å². The van der Waals surface area contributed by atoms with Gasteiger partial charge in [-0.2, -0.15) is 0 Å². The Morgan fingerprint density at radius 1 is 1.32 bits per heavy atom. The van der Waals surface area contributed by atoms with Crippen molar-refractivity contribution in [3.63, 3.8) is 0 Å². The molecule has 0 spiro atoms. The zero-order valence-electron chi connectivity index (χ0n) is 11.5. The average molecular weight is 264 g/mol. The molecule has 4 heteroatoms. The SMILES string of the molecule is CC(=O)c1ccccc1OCCC[NH+]1CCOCC1. The average Bonchev–Trinajstić information content (AvgIpc) is 2.45. The van der Waals surface area contributed by atoms with Crippen LogP contribution < -0.4 is 9.64 Å². The van der Waals surface area contributed by atoms with Gasteiger partial charge in [-0.25, -0.2) is 0 Å². The number of ether oxygens (including phenoxy) is 2. The van der Waals surface area contributed by atoms with Gasteiger partial charge in [0, 0.05) is 6.42 Å². The second-order valence-corrected chi connectivity index (χ2v) is 4.87. The molecule has 1 aliphatic heterocycles. The summed E-state index contributed by atoms with van der Waals surface area (Å²) in [5, 5.41) is 0. The fourth-order valence-electron chi connectivity index (χ4n) is 2.30. The maximum absolute atomic E-state index is 11.4. The molecule has 0 amide bonds. The minimum Gasteiger partial charge on any atom is -0.493 e. The predicted molar refractivity (Wildman–Crippen MR) is 72.9 cm³/mol. The van der Waals surface area contributed by atoms with E-state index in [-0.39, 0.29) is 5.78 Å². The molecule has 1 heterocycles. The number of morpholine rings is 1. The van der Waals surface area contributed by atoms with E-state index in [1.54, 1.807) is 11.8 Å². The van der Waals surface area contributed by atoms with Crippen LogP contribution in [0.4, 0.5) is 0 Å². The molecule has 0 radical (unpaired) electrons. The normalized spacial score (nSPS) is 16.3. The van der Waals surface area contributed by atoms with Crippen molar-refractivity contribution in [2.24, 2.45) is 0 Å². The Balaban J connectivity index is 1.74. The van der Waals surface area contributed by atoms with Crippen LogP contribution in [-0.2, 0) is 4.74 Å². The molecule has 0 aromatic heterocycles. The summed E-state index contributed by atoms with van der Waals surface area (Å²) in [6.45, 7) is 7.24. The van der Waals surface area contributed by atoms with Gasteiger partial charge in [0.2, 0.25) is 0 Å². The Labute approximate surface area is 114 Å². The number of nitrogens with one attached hydrogen (secondary N) is 1. The topological polar surface area (TPSA) is 40.0 Å². The van der Waals surface area contributed by atoms with Crippen molar-refractivity contribution in [3.8, 4) is 5.75 Å². The third kappa shape index (κ3) is 4.33. The van der Waals surface area contributed by atoms with Gasteiger partial charge in [0.15, 0.2) is 5.78 Å². The van der Waals surface area contributed by atoms with E-state index in [9.17, 15) is 4.79 Å². The van der Waals surface area contributed by atoms with Gasteiger partial charge < -0.3 is 14.4 Å². The summed E-state index contributed by atoms with van der Waals surface area (Å²) in [6.07, 6.45) is 1.00. The van der Waals surface area contributed by atoms with Crippen molar-refractivity contribution in [1.82, 2.24) is 0 Å². The Morgan fingerprint density at radius 2 is 2.05 bits per heavy atom. The summed E-state index contributed by atoms with van der Waals surface area (Å²) in [5.41, 5.74) is 0.668. The van der Waals surface area contributed by atoms with E-state index < -0.39 is 0 Å². The smallest absolute Gasteiger partial charge is 0.163 e. The van der Waals surface area contributed by atoms with Crippen molar-refractivity contribution >= 4 is 5.78 Å². The third-order valence-electron chi connectivity index (χ3n) is 3.40. The first-order valence-corrected chi connectivity index (χ1v) is 6.91. The van der Waals surface area contributed by atoms with Crippen molar-refractivity contribution in [2.45, 2.75) is 13.3 Å². The first-order valence-electron chi connectivity index (χ1n) is 6.91. The van der Waals surface area contributed by atoms with Crippen LogP contribution in [0.1, 0.15) is 23.7 Å². The van der Waals surface area contributed by atoms with Crippen molar-refractivity contribution in [1.29, 1.82) is 0 Å². The number of hydrogen-bond donors (Lipinski definition) is 1. The summed E-state index contributed by atoms with van der Waals surface area (Å²) in [5.74, 6) is 0.751. The minimum absolute atomic E-state index is 0.0504. The van der Waals surface area contributed by atoms with Crippen molar-refractivity contribution in [3.05, 3.63) is 29.8 Å². The van der Waals surface area contributed by atoms with Gasteiger partial charge in [-0.15, -0.1) is 0 Å². The lowest BCUT2D eigenvalue weighted by atomic mass is 10.1. The summed E-state index contributed by atoms with van der Waals surface area (Å²) in [6, 6.07) is 7.43. The molecule has 2 rings (SSSR count). The molecule has 0 atom stereocenters. The van der Waals surface area contributed by atoms with E-state index >= 15 is 0 Å². The van der Waals surface area contributed by atoms with E-state index in [1.165, 1.54) is 0 Å². The van der Waals surface area contributed by atoms with E-state index in [4.69, 9.17) is 9.47 Å². The molecule has 1 fully saturated rings. The lowest BCUT2D eigenvalue weighted by Gasteiger charge is -2.23. The van der Waals surface area contributed by atoms with Gasteiger partial charge in [0.05, 0.1) is 31.9 Å². The van der Waals surface area contributed by atoms with E-state index in [0.29, 0.717) is 17.9 Å². The van der Waals surface area contributed by atoms with Gasteiger partial charge in [0.1, 0.15) is 18.8 Å². The second-order valence-electron chi connectivity index (χ2n) is 4.87. The van der Waals surface area contributed by atoms with Gasteiger partial charge in [-0.3, -0.25) is 4.79 Å². The monoisotopic (exact) mass is 264 g/mol. The molecule has 19 heavy (non-hydrogen) atoms. The highest BCUT2D eigenvalue weighted by Crippen LogP contribution is 2.18. The quantitative estimate of drug-likeness (QED) is 0.603. The Morgan fingerprint density at radius 3 is 2.79 bits per heavy atom. The predicted octanol–water partition coefficient (Wildman–Crippen LogP) is 0.573. The molecular formula is C15H22NO3+. The summed E-state index contributed by atoms with van der Waals surface area (Å²) < 4.78 is 11.1. The summed E-state index contributed by atoms with van der Waals surface area (Å²) >= 11 is 0. The molecule has 0 bridgehead atoms. The number of para-hydroxylation sites is 1. The molecule has 0 unspecified atom stereocenters. The Bertz CT molecular complexity index is 414. The summed E-state index contributed by atoms with van der Waals surface area (Å²) in [7, 11) is 0. The minimum atomic E-state index is 0.0504. The molecule has 4 nitrogen and oxygen atoms in total. The van der Waals surface area contributed by atoms with Gasteiger partial charge in [-0.05, 0) is 19.1 Å². The van der Waals surface area contributed by atoms with Crippen LogP contribution in [0.2, 0.25) is 0 Å². The van der Waals surface area contributed by atoms with E-state index in [0.717, 1.165) is 39.3 Å². The van der Waals surface area contributed by atoms with Crippen LogP contribution in [0.15, 0.2) is 24.3 Å². The zero-order valence-corrected chi connectivity index (χ0v) is 11.5. The van der Waals surface area contributed by atoms with Crippen LogP contribution in [0.3, 0.4) is 0 Å². The molecular weight excluding hydrogens is 242 g/mol. The molecule has 1 saturated heterocycles. The lowest BCUT2D eigenvalue weighted by molar-refractivity contribution is -0.908. The molecule has 0 aliphatic carbocycles. The number of ketones is 1. The maximum Gasteiger partial charge on any atom is 0.163 e. The van der Waals surface area contributed by atoms with Crippen LogP contribution in [0.25, 0.3) is 0 Å². The van der Waals surface area contributed by atoms with Gasteiger partial charge in [-0.1, -0.05) is 12.1 Å². The Kier molecular flexibility index (Phi) is 5.36. The number of quaternary nitrogens is 1. The standard InChI is InChI=1S/C15H21NO3/c1-13(17)14-5-2-3-6-15(14)19-10-4-7-16-8-11-18-12-9-16/h2-3,5-6H,4,7-12H2,1H3/p+1. The lowest BCUT2D eigenvalue weighted by Crippen LogP contribution is -3.14. The van der Waals surface area contributed by atoms with Crippen LogP contribution in [0, 0.1) is 0 Å². The van der Waals surface area contributed by atoms with Crippen LogP contribution in [-0.4, -0.2) is 45.2 Å². The molecule has 1 aliphatic rings. The van der Waals surface area contributed by atoms with E-state index in [2.05, 4.69) is 0 Å².